The highest BCUT2D eigenvalue weighted by Crippen LogP contribution is 2.35. The van der Waals surface area contributed by atoms with Crippen LogP contribution in [0.2, 0.25) is 0 Å². The van der Waals surface area contributed by atoms with Crippen LogP contribution in [0.15, 0.2) is 17.0 Å². The van der Waals surface area contributed by atoms with Gasteiger partial charge < -0.3 is 10.2 Å². The fraction of sp³-hybridized carbons (Fsp3) is 0.385. The lowest BCUT2D eigenvalue weighted by Gasteiger charge is -2.30. The molecule has 1 aliphatic rings. The van der Waals surface area contributed by atoms with Crippen molar-refractivity contribution in [3.63, 3.8) is 0 Å². The van der Waals surface area contributed by atoms with E-state index in [9.17, 15) is 31.9 Å². The largest absolute Gasteiger partial charge is 0.480 e. The molecule has 0 aromatic heterocycles. The quantitative estimate of drug-likeness (QED) is 0.847. The molecule has 2 rings (SSSR count). The summed E-state index contributed by atoms with van der Waals surface area (Å²) in [7, 11) is -4.50. The van der Waals surface area contributed by atoms with Crippen LogP contribution in [0.3, 0.4) is 0 Å². The lowest BCUT2D eigenvalue weighted by molar-refractivity contribution is -0.146. The van der Waals surface area contributed by atoms with Gasteiger partial charge in [0.2, 0.25) is 10.0 Å². The lowest BCUT2D eigenvalue weighted by Crippen LogP contribution is -2.50. The molecule has 0 unspecified atom stereocenters. The number of carbonyl (C=O) groups is 2. The van der Waals surface area contributed by atoms with Crippen molar-refractivity contribution in [2.75, 3.05) is 6.54 Å². The maximum atomic E-state index is 13.5. The van der Waals surface area contributed by atoms with E-state index in [1.54, 1.807) is 0 Å². The van der Waals surface area contributed by atoms with Crippen molar-refractivity contribution in [2.45, 2.75) is 30.2 Å². The second-order valence-electron chi connectivity index (χ2n) is 5.33. The van der Waals surface area contributed by atoms with Gasteiger partial charge in [0, 0.05) is 6.54 Å². The van der Waals surface area contributed by atoms with Gasteiger partial charge >= 0.3 is 11.9 Å². The smallest absolute Gasteiger partial charge is 0.338 e. The number of rotatable bonds is 4. The van der Waals surface area contributed by atoms with Gasteiger partial charge in [-0.2, -0.15) is 4.31 Å². The molecule has 1 aromatic rings. The molecular formula is C13H13F2NO6S. The van der Waals surface area contributed by atoms with E-state index in [2.05, 4.69) is 0 Å². The zero-order valence-corrected chi connectivity index (χ0v) is 12.7. The van der Waals surface area contributed by atoms with Gasteiger partial charge in [-0.15, -0.1) is 0 Å². The van der Waals surface area contributed by atoms with Crippen molar-refractivity contribution in [2.24, 2.45) is 0 Å². The maximum Gasteiger partial charge on any atom is 0.338 e. The van der Waals surface area contributed by atoms with E-state index in [1.807, 2.05) is 0 Å². The van der Waals surface area contributed by atoms with E-state index in [1.165, 1.54) is 6.92 Å². The molecule has 0 amide bonds. The third-order valence-corrected chi connectivity index (χ3v) is 5.85. The third-order valence-electron chi connectivity index (χ3n) is 3.86. The molecule has 2 N–H and O–H groups in total. The van der Waals surface area contributed by atoms with Crippen molar-refractivity contribution in [1.82, 2.24) is 4.31 Å². The summed E-state index contributed by atoms with van der Waals surface area (Å²) in [5.41, 5.74) is -2.87. The fourth-order valence-corrected chi connectivity index (χ4v) is 4.38. The number of halogens is 2. The molecule has 0 spiro atoms. The zero-order chi connectivity index (χ0) is 17.6. The Labute approximate surface area is 130 Å². The number of sulfonamides is 1. The molecule has 1 aromatic carbocycles. The molecule has 0 bridgehead atoms. The van der Waals surface area contributed by atoms with Gasteiger partial charge in [0.1, 0.15) is 5.54 Å². The number of hydrogen-bond acceptors (Lipinski definition) is 4. The summed E-state index contributed by atoms with van der Waals surface area (Å²) in [4.78, 5) is 21.5. The highest BCUT2D eigenvalue weighted by molar-refractivity contribution is 7.89. The Hall–Kier alpha value is -2.07. The summed E-state index contributed by atoms with van der Waals surface area (Å²) in [5.74, 6) is -6.53. The Morgan fingerprint density at radius 2 is 1.87 bits per heavy atom. The van der Waals surface area contributed by atoms with Crippen LogP contribution < -0.4 is 0 Å². The van der Waals surface area contributed by atoms with E-state index < -0.39 is 49.6 Å². The first-order valence-corrected chi connectivity index (χ1v) is 7.94. The van der Waals surface area contributed by atoms with Crippen LogP contribution in [-0.4, -0.2) is 47.0 Å². The molecule has 1 fully saturated rings. The number of aliphatic carboxylic acids is 1. The van der Waals surface area contributed by atoms with Crippen LogP contribution in [0.4, 0.5) is 8.78 Å². The molecule has 126 valence electrons. The number of carboxylic acid groups (broad SMARTS) is 2. The van der Waals surface area contributed by atoms with Crippen molar-refractivity contribution in [1.29, 1.82) is 0 Å². The van der Waals surface area contributed by atoms with Crippen LogP contribution in [0, 0.1) is 11.6 Å². The van der Waals surface area contributed by atoms with E-state index in [4.69, 9.17) is 5.11 Å². The molecule has 1 aliphatic heterocycles. The summed E-state index contributed by atoms with van der Waals surface area (Å²) in [6, 6.07) is 0.828. The van der Waals surface area contributed by atoms with Gasteiger partial charge in [-0.3, -0.25) is 4.79 Å². The van der Waals surface area contributed by atoms with Crippen molar-refractivity contribution < 1.29 is 37.0 Å². The highest BCUT2D eigenvalue weighted by Gasteiger charge is 2.50. The summed E-state index contributed by atoms with van der Waals surface area (Å²) in [5, 5.41) is 18.1. The number of benzene rings is 1. The molecular weight excluding hydrogens is 336 g/mol. The SMILES string of the molecule is C[C@@]1(C(=O)O)CCCN1S(=O)(=O)c1cc(F)c(F)c(C(=O)O)c1. The van der Waals surface area contributed by atoms with Gasteiger partial charge in [0.25, 0.3) is 0 Å². The fourth-order valence-electron chi connectivity index (χ4n) is 2.53. The average Bonchev–Trinajstić information content (AvgIpc) is 2.85. The van der Waals surface area contributed by atoms with E-state index in [0.29, 0.717) is 16.4 Å². The number of carboxylic acids is 2. The summed E-state index contributed by atoms with van der Waals surface area (Å²) in [6.07, 6.45) is 0.328. The van der Waals surface area contributed by atoms with E-state index in [-0.39, 0.29) is 19.4 Å². The Morgan fingerprint density at radius 1 is 1.26 bits per heavy atom. The topological polar surface area (TPSA) is 112 Å². The predicted molar refractivity (Wildman–Crippen MR) is 72.5 cm³/mol. The Kier molecular flexibility index (Phi) is 4.16. The van der Waals surface area contributed by atoms with E-state index >= 15 is 0 Å². The standard InChI is InChI=1S/C13H13F2NO6S/c1-13(12(19)20)3-2-4-16(13)23(21,22)7-5-8(11(17)18)10(15)9(14)6-7/h5-6H,2-4H2,1H3,(H,17,18)(H,19,20)/t13-/m0/s1. The summed E-state index contributed by atoms with van der Waals surface area (Å²) in [6.45, 7) is 1.09. The Morgan fingerprint density at radius 3 is 2.39 bits per heavy atom. The van der Waals surface area contributed by atoms with Gasteiger partial charge in [-0.25, -0.2) is 22.0 Å². The van der Waals surface area contributed by atoms with Gasteiger partial charge in [-0.1, -0.05) is 0 Å². The molecule has 7 nitrogen and oxygen atoms in total. The predicted octanol–water partition coefficient (Wildman–Crippen LogP) is 1.29. The summed E-state index contributed by atoms with van der Waals surface area (Å²) < 4.78 is 52.8. The molecule has 0 aliphatic carbocycles. The Balaban J connectivity index is 2.61. The second kappa shape index (κ2) is 5.53. The van der Waals surface area contributed by atoms with Crippen LogP contribution in [0.5, 0.6) is 0 Å². The number of hydrogen-bond donors (Lipinski definition) is 2. The highest BCUT2D eigenvalue weighted by atomic mass is 32.2. The van der Waals surface area contributed by atoms with Crippen LogP contribution in [-0.2, 0) is 14.8 Å². The van der Waals surface area contributed by atoms with Crippen molar-refractivity contribution >= 4 is 22.0 Å². The van der Waals surface area contributed by atoms with Crippen LogP contribution in [0.25, 0.3) is 0 Å². The zero-order valence-electron chi connectivity index (χ0n) is 11.9. The molecule has 1 saturated heterocycles. The molecule has 23 heavy (non-hydrogen) atoms. The minimum Gasteiger partial charge on any atom is -0.480 e. The number of aromatic carboxylic acids is 1. The van der Waals surface area contributed by atoms with Gasteiger partial charge in [-0.05, 0) is 31.9 Å². The lowest BCUT2D eigenvalue weighted by atomic mass is 10.0. The first-order chi connectivity index (χ1) is 10.5. The molecule has 0 radical (unpaired) electrons. The second-order valence-corrected chi connectivity index (χ2v) is 7.19. The van der Waals surface area contributed by atoms with Gasteiger partial charge in [0.15, 0.2) is 11.6 Å². The first-order valence-electron chi connectivity index (χ1n) is 6.50. The van der Waals surface area contributed by atoms with E-state index in [0.717, 1.165) is 0 Å². The minimum atomic E-state index is -4.50. The molecule has 10 heteroatoms. The Bertz CT molecular complexity index is 794. The normalized spacial score (nSPS) is 22.2. The van der Waals surface area contributed by atoms with Gasteiger partial charge in [0.05, 0.1) is 10.5 Å². The monoisotopic (exact) mass is 349 g/mol. The minimum absolute atomic E-state index is 0.0526. The number of nitrogens with zero attached hydrogens (tertiary/aromatic N) is 1. The molecule has 1 atom stereocenters. The molecule has 0 saturated carbocycles. The van der Waals surface area contributed by atoms with Crippen molar-refractivity contribution in [3.05, 3.63) is 29.3 Å². The summed E-state index contributed by atoms with van der Waals surface area (Å²) >= 11 is 0. The van der Waals surface area contributed by atoms with Crippen LogP contribution >= 0.6 is 0 Å². The maximum absolute atomic E-state index is 13.5. The first kappa shape index (κ1) is 17.3. The van der Waals surface area contributed by atoms with Crippen molar-refractivity contribution in [3.8, 4) is 0 Å². The third kappa shape index (κ3) is 2.68. The average molecular weight is 349 g/mol. The van der Waals surface area contributed by atoms with Crippen LogP contribution in [0.1, 0.15) is 30.1 Å². The molecule has 1 heterocycles.